The average molecular weight is 359 g/mol. The van der Waals surface area contributed by atoms with E-state index in [1.807, 2.05) is 37.4 Å². The third kappa shape index (κ3) is 5.37. The minimum absolute atomic E-state index is 0.304. The van der Waals surface area contributed by atoms with Gasteiger partial charge in [-0.25, -0.2) is 0 Å². The lowest BCUT2D eigenvalue weighted by molar-refractivity contribution is 0.129. The van der Waals surface area contributed by atoms with Gasteiger partial charge >= 0.3 is 0 Å². The largest absolute Gasteiger partial charge is 0.490 e. The average Bonchev–Trinajstić information content (AvgIpc) is 3.48. The maximum Gasteiger partial charge on any atom is 0.193 e. The van der Waals surface area contributed by atoms with Crippen molar-refractivity contribution in [2.24, 2.45) is 4.99 Å². The van der Waals surface area contributed by atoms with Crippen LogP contribution in [-0.4, -0.2) is 67.2 Å². The molecule has 1 heterocycles. The van der Waals surface area contributed by atoms with Gasteiger partial charge in [-0.15, -0.1) is 0 Å². The fourth-order valence-corrected chi connectivity index (χ4v) is 3.77. The molecule has 2 fully saturated rings. The lowest BCUT2D eigenvalue weighted by Gasteiger charge is -2.35. The number of benzene rings is 1. The second-order valence-electron chi connectivity index (χ2n) is 7.65. The van der Waals surface area contributed by atoms with Gasteiger partial charge in [0.1, 0.15) is 11.9 Å². The van der Waals surface area contributed by atoms with Gasteiger partial charge in [0.05, 0.1) is 0 Å². The fraction of sp³-hybridized carbons (Fsp3) is 0.667. The Morgan fingerprint density at radius 3 is 2.46 bits per heavy atom. The first-order chi connectivity index (χ1) is 12.7. The molecule has 1 saturated heterocycles. The molecule has 1 N–H and O–H groups in total. The minimum atomic E-state index is 0.304. The monoisotopic (exact) mass is 358 g/mol. The summed E-state index contributed by atoms with van der Waals surface area (Å²) in [7, 11) is 1.88. The van der Waals surface area contributed by atoms with Crippen LogP contribution in [0.3, 0.4) is 0 Å². The first-order valence-electron chi connectivity index (χ1n) is 10.1. The first-order valence-corrected chi connectivity index (χ1v) is 10.1. The molecule has 0 aromatic heterocycles. The molecule has 0 radical (unpaired) electrons. The molecule has 144 valence electrons. The highest BCUT2D eigenvalue weighted by atomic mass is 16.5. The molecule has 1 aliphatic heterocycles. The molecule has 1 aliphatic carbocycles. The third-order valence-corrected chi connectivity index (χ3v) is 5.33. The zero-order chi connectivity index (χ0) is 18.4. The molecular formula is C21H34N4O. The van der Waals surface area contributed by atoms with Crippen LogP contribution in [0.1, 0.15) is 39.5 Å². The molecule has 5 nitrogen and oxygen atoms in total. The number of guanidine groups is 1. The first kappa shape index (κ1) is 19.0. The van der Waals surface area contributed by atoms with Gasteiger partial charge in [0.2, 0.25) is 0 Å². The normalized spacial score (nSPS) is 19.3. The van der Waals surface area contributed by atoms with Crippen molar-refractivity contribution in [3.8, 4) is 5.75 Å². The van der Waals surface area contributed by atoms with Crippen LogP contribution in [0.4, 0.5) is 0 Å². The number of piperidine rings is 1. The molecule has 0 bridgehead atoms. The molecule has 0 unspecified atom stereocenters. The summed E-state index contributed by atoms with van der Waals surface area (Å²) >= 11 is 0. The number of aliphatic imine (C=N–C) groups is 1. The lowest BCUT2D eigenvalue weighted by atomic mass is 10.1. The van der Waals surface area contributed by atoms with Gasteiger partial charge in [0.25, 0.3) is 0 Å². The third-order valence-electron chi connectivity index (χ3n) is 5.33. The van der Waals surface area contributed by atoms with Crippen LogP contribution in [0.25, 0.3) is 0 Å². The van der Waals surface area contributed by atoms with E-state index in [4.69, 9.17) is 4.74 Å². The van der Waals surface area contributed by atoms with E-state index in [1.165, 1.54) is 12.8 Å². The highest BCUT2D eigenvalue weighted by Gasteiger charge is 2.30. The van der Waals surface area contributed by atoms with Gasteiger partial charge in [-0.2, -0.15) is 0 Å². The molecule has 0 atom stereocenters. The molecule has 26 heavy (non-hydrogen) atoms. The Hall–Kier alpha value is -1.75. The van der Waals surface area contributed by atoms with E-state index >= 15 is 0 Å². The predicted molar refractivity (Wildman–Crippen MR) is 108 cm³/mol. The molecule has 2 aliphatic rings. The molecule has 5 heteroatoms. The summed E-state index contributed by atoms with van der Waals surface area (Å²) in [5.74, 6) is 2.00. The summed E-state index contributed by atoms with van der Waals surface area (Å²) in [6.45, 7) is 8.63. The van der Waals surface area contributed by atoms with Crippen LogP contribution in [0, 0.1) is 0 Å². The minimum Gasteiger partial charge on any atom is -0.490 e. The Balaban J connectivity index is 1.40. The lowest BCUT2D eigenvalue weighted by Crippen LogP contribution is -2.49. The summed E-state index contributed by atoms with van der Waals surface area (Å²) in [6.07, 6.45) is 5.10. The Morgan fingerprint density at radius 1 is 1.19 bits per heavy atom. The van der Waals surface area contributed by atoms with Crippen LogP contribution >= 0.6 is 0 Å². The van der Waals surface area contributed by atoms with Crippen molar-refractivity contribution in [3.63, 3.8) is 0 Å². The number of rotatable bonds is 7. The van der Waals surface area contributed by atoms with Crippen LogP contribution in [0.5, 0.6) is 5.75 Å². The van der Waals surface area contributed by atoms with Crippen molar-refractivity contribution in [2.45, 2.75) is 57.7 Å². The van der Waals surface area contributed by atoms with Crippen molar-refractivity contribution in [1.29, 1.82) is 0 Å². The molecule has 0 spiro atoms. The molecular weight excluding hydrogens is 324 g/mol. The number of hydrogen-bond donors (Lipinski definition) is 1. The van der Waals surface area contributed by atoms with E-state index in [2.05, 4.69) is 34.0 Å². The van der Waals surface area contributed by atoms with E-state index in [0.29, 0.717) is 12.1 Å². The maximum absolute atomic E-state index is 6.10. The standard InChI is InChI=1S/C21H34N4O/c1-17(2)25(18-9-10-18)16-13-23-21(22-3)24-14-11-20(12-15-24)26-19-7-5-4-6-8-19/h4-8,17-18,20H,9-16H2,1-3H3,(H,22,23). The van der Waals surface area contributed by atoms with E-state index in [-0.39, 0.29) is 0 Å². The zero-order valence-electron chi connectivity index (χ0n) is 16.5. The van der Waals surface area contributed by atoms with Gasteiger partial charge in [0.15, 0.2) is 5.96 Å². The Labute approximate surface area is 158 Å². The highest BCUT2D eigenvalue weighted by molar-refractivity contribution is 5.79. The van der Waals surface area contributed by atoms with Gasteiger partial charge in [0, 0.05) is 58.2 Å². The Bertz CT molecular complexity index is 561. The quantitative estimate of drug-likeness (QED) is 0.601. The van der Waals surface area contributed by atoms with Crippen LogP contribution < -0.4 is 10.1 Å². The van der Waals surface area contributed by atoms with Gasteiger partial charge in [-0.05, 0) is 38.8 Å². The van der Waals surface area contributed by atoms with Crippen LogP contribution in [0.15, 0.2) is 35.3 Å². The van der Waals surface area contributed by atoms with Crippen LogP contribution in [0.2, 0.25) is 0 Å². The molecule has 1 aromatic carbocycles. The second kappa shape index (κ2) is 9.26. The molecule has 3 rings (SSSR count). The predicted octanol–water partition coefficient (Wildman–Crippen LogP) is 2.98. The maximum atomic E-state index is 6.10. The van der Waals surface area contributed by atoms with Crippen molar-refractivity contribution >= 4 is 5.96 Å². The Morgan fingerprint density at radius 2 is 1.88 bits per heavy atom. The molecule has 0 amide bonds. The van der Waals surface area contributed by atoms with Crippen molar-refractivity contribution in [1.82, 2.24) is 15.1 Å². The van der Waals surface area contributed by atoms with E-state index in [9.17, 15) is 0 Å². The summed E-state index contributed by atoms with van der Waals surface area (Å²) in [6, 6.07) is 11.6. The number of para-hydroxylation sites is 1. The SMILES string of the molecule is CN=C(NCCN(C(C)C)C1CC1)N1CCC(Oc2ccccc2)CC1. The van der Waals surface area contributed by atoms with Crippen molar-refractivity contribution in [3.05, 3.63) is 30.3 Å². The number of hydrogen-bond acceptors (Lipinski definition) is 3. The zero-order valence-corrected chi connectivity index (χ0v) is 16.5. The number of ether oxygens (including phenoxy) is 1. The molecule has 1 aromatic rings. The van der Waals surface area contributed by atoms with E-state index in [0.717, 1.165) is 56.8 Å². The summed E-state index contributed by atoms with van der Waals surface area (Å²) in [5, 5.41) is 3.57. The van der Waals surface area contributed by atoms with Crippen LogP contribution in [-0.2, 0) is 0 Å². The number of likely N-dealkylation sites (tertiary alicyclic amines) is 1. The fourth-order valence-electron chi connectivity index (χ4n) is 3.77. The molecule has 1 saturated carbocycles. The van der Waals surface area contributed by atoms with Gasteiger partial charge in [-0.3, -0.25) is 9.89 Å². The summed E-state index contributed by atoms with van der Waals surface area (Å²) < 4.78 is 6.10. The van der Waals surface area contributed by atoms with Crippen molar-refractivity contribution < 1.29 is 4.74 Å². The van der Waals surface area contributed by atoms with E-state index < -0.39 is 0 Å². The Kier molecular flexibility index (Phi) is 6.78. The summed E-state index contributed by atoms with van der Waals surface area (Å²) in [4.78, 5) is 9.47. The number of nitrogens with zero attached hydrogens (tertiary/aromatic N) is 3. The summed E-state index contributed by atoms with van der Waals surface area (Å²) in [5.41, 5.74) is 0. The smallest absolute Gasteiger partial charge is 0.193 e. The van der Waals surface area contributed by atoms with Gasteiger partial charge in [-0.1, -0.05) is 18.2 Å². The van der Waals surface area contributed by atoms with E-state index in [1.54, 1.807) is 0 Å². The second-order valence-corrected chi connectivity index (χ2v) is 7.65. The highest BCUT2D eigenvalue weighted by Crippen LogP contribution is 2.28. The van der Waals surface area contributed by atoms with Crippen molar-refractivity contribution in [2.75, 3.05) is 33.2 Å². The van der Waals surface area contributed by atoms with Gasteiger partial charge < -0.3 is 15.0 Å². The topological polar surface area (TPSA) is 40.1 Å². The number of nitrogens with one attached hydrogen (secondary N) is 1.